The smallest absolute Gasteiger partial charge is 0.356 e. The second kappa shape index (κ2) is 17.6. The molecule has 3 rings (SSSR count). The van der Waals surface area contributed by atoms with Crippen LogP contribution in [-0.2, 0) is 25.7 Å². The third-order valence-corrected chi connectivity index (χ3v) is 7.14. The molecule has 3 N–H and O–H groups in total. The first kappa shape index (κ1) is 32.4. The highest BCUT2D eigenvalue weighted by atomic mass is 16.5. The van der Waals surface area contributed by atoms with Crippen LogP contribution in [0.15, 0.2) is 95.5 Å². The lowest BCUT2D eigenvalue weighted by Gasteiger charge is -2.33. The van der Waals surface area contributed by atoms with Crippen molar-refractivity contribution in [2.45, 2.75) is 58.3 Å². The van der Waals surface area contributed by atoms with E-state index < -0.39 is 5.97 Å². The number of rotatable bonds is 15. The Morgan fingerprint density at radius 1 is 1.17 bits per heavy atom. The summed E-state index contributed by atoms with van der Waals surface area (Å²) in [6, 6.07) is 9.88. The molecule has 9 nitrogen and oxygen atoms in total. The topological polar surface area (TPSA) is 112 Å². The molecule has 2 aliphatic rings. The molecule has 0 spiro atoms. The lowest BCUT2D eigenvalue weighted by Crippen LogP contribution is -2.49. The number of nitrogens with one attached hydrogen (secondary N) is 2. The Labute approximate surface area is 249 Å². The Morgan fingerprint density at radius 2 is 1.95 bits per heavy atom. The maximum atomic E-state index is 13.0. The number of nitrogens with zero attached hydrogens (tertiary/aromatic N) is 2. The first-order valence-electron chi connectivity index (χ1n) is 14.5. The summed E-state index contributed by atoms with van der Waals surface area (Å²) in [5.74, 6) is -0.636. The number of aliphatic carboxylic acids is 1. The van der Waals surface area contributed by atoms with Gasteiger partial charge in [-0.1, -0.05) is 86.1 Å². The van der Waals surface area contributed by atoms with Crippen molar-refractivity contribution in [2.24, 2.45) is 11.0 Å². The zero-order chi connectivity index (χ0) is 30.2. The van der Waals surface area contributed by atoms with Crippen LogP contribution in [0.1, 0.15) is 45.1 Å². The van der Waals surface area contributed by atoms with Gasteiger partial charge < -0.3 is 25.2 Å². The first-order chi connectivity index (χ1) is 20.4. The number of allylic oxidation sites excluding steroid dienone is 6. The van der Waals surface area contributed by atoms with Crippen molar-refractivity contribution >= 4 is 17.6 Å². The largest absolute Gasteiger partial charge is 0.492 e. The van der Waals surface area contributed by atoms with Crippen LogP contribution in [-0.4, -0.2) is 66.6 Å². The van der Waals surface area contributed by atoms with E-state index >= 15 is 0 Å². The zero-order valence-electron chi connectivity index (χ0n) is 24.9. The summed E-state index contributed by atoms with van der Waals surface area (Å²) in [7, 11) is 1.87. The molecule has 1 aliphatic heterocycles. The van der Waals surface area contributed by atoms with Crippen LogP contribution in [0, 0.1) is 5.92 Å². The molecule has 42 heavy (non-hydrogen) atoms. The Bertz CT molecular complexity index is 1200. The van der Waals surface area contributed by atoms with Crippen LogP contribution in [0.4, 0.5) is 0 Å². The lowest BCUT2D eigenvalue weighted by atomic mass is 9.92. The van der Waals surface area contributed by atoms with Crippen molar-refractivity contribution in [1.82, 2.24) is 15.6 Å². The highest BCUT2D eigenvalue weighted by molar-refractivity contribution is 6.40. The van der Waals surface area contributed by atoms with Crippen LogP contribution in [0.2, 0.25) is 0 Å². The molecule has 1 amide bonds. The molecular weight excluding hydrogens is 532 g/mol. The SMILES string of the molecule is CN/C=C\C(C)/C(C)=C/C=C\C=C\COC1=CC(C(=O)O)=NN(CC(=O)NC2CCCC[C@@H]2OCc2ccccc2)C1. The Balaban J connectivity index is 1.48. The molecule has 0 saturated heterocycles. The standard InChI is InChI=1S/C33H44N4O5/c1-25(26(2)18-19-34-3)13-7-4-5-12-20-41-28-21-30(33(39)40)36-37(22-28)23-32(38)35-29-16-10-11-17-31(29)42-24-27-14-8-6-9-15-27/h4-9,12-15,18-19,21,26,29,31,34H,10-11,16-17,20,22-24H2,1-3H3,(H,35,38)(H,39,40)/b7-4-,12-5+,19-18-,25-13+/t26?,29?,31-/m0/s1. The van der Waals surface area contributed by atoms with Crippen molar-refractivity contribution in [2.75, 3.05) is 26.7 Å². The Hall–Kier alpha value is -4.11. The minimum absolute atomic E-state index is 0.0695. The number of hydrogen-bond donors (Lipinski definition) is 3. The van der Waals surface area contributed by atoms with E-state index in [1.807, 2.05) is 67.9 Å². The molecule has 1 fully saturated rings. The summed E-state index contributed by atoms with van der Waals surface area (Å²) in [5, 5.41) is 21.2. The molecule has 0 aromatic heterocycles. The molecule has 226 valence electrons. The van der Waals surface area contributed by atoms with Gasteiger partial charge in [0.2, 0.25) is 5.91 Å². The van der Waals surface area contributed by atoms with E-state index in [1.165, 1.54) is 16.7 Å². The molecule has 1 saturated carbocycles. The van der Waals surface area contributed by atoms with E-state index in [1.54, 1.807) is 0 Å². The van der Waals surface area contributed by atoms with Crippen molar-refractivity contribution in [1.29, 1.82) is 0 Å². The summed E-state index contributed by atoms with van der Waals surface area (Å²) >= 11 is 0. The Kier molecular flexibility index (Phi) is 13.6. The summed E-state index contributed by atoms with van der Waals surface area (Å²) in [5.41, 5.74) is 2.16. The van der Waals surface area contributed by atoms with Crippen LogP contribution in [0.25, 0.3) is 0 Å². The maximum absolute atomic E-state index is 13.0. The quantitative estimate of drug-likeness (QED) is 0.259. The fourth-order valence-electron chi connectivity index (χ4n) is 4.64. The molecule has 3 atom stereocenters. The molecule has 0 bridgehead atoms. The average Bonchev–Trinajstić information content (AvgIpc) is 2.99. The van der Waals surface area contributed by atoms with E-state index in [0.29, 0.717) is 18.3 Å². The third-order valence-electron chi connectivity index (χ3n) is 7.14. The van der Waals surface area contributed by atoms with Gasteiger partial charge in [-0.15, -0.1) is 0 Å². The van der Waals surface area contributed by atoms with E-state index in [2.05, 4.69) is 41.7 Å². The summed E-state index contributed by atoms with van der Waals surface area (Å²) in [4.78, 5) is 24.6. The lowest BCUT2D eigenvalue weighted by molar-refractivity contribution is -0.130. The van der Waals surface area contributed by atoms with Gasteiger partial charge in [0.05, 0.1) is 25.3 Å². The molecule has 1 aromatic carbocycles. The molecule has 9 heteroatoms. The number of hydrazone groups is 1. The van der Waals surface area contributed by atoms with E-state index in [0.717, 1.165) is 31.2 Å². The van der Waals surface area contributed by atoms with Gasteiger partial charge in [-0.2, -0.15) is 5.10 Å². The van der Waals surface area contributed by atoms with E-state index in [4.69, 9.17) is 9.47 Å². The minimum atomic E-state index is -1.18. The van der Waals surface area contributed by atoms with Crippen molar-refractivity contribution in [3.63, 3.8) is 0 Å². The second-order valence-electron chi connectivity index (χ2n) is 10.5. The number of ether oxygens (including phenoxy) is 2. The monoisotopic (exact) mass is 576 g/mol. The third kappa shape index (κ3) is 11.4. The number of amides is 1. The predicted molar refractivity (Wildman–Crippen MR) is 165 cm³/mol. The summed E-state index contributed by atoms with van der Waals surface area (Å²) in [6.07, 6.45) is 18.8. The van der Waals surface area contributed by atoms with Crippen LogP contribution in [0.5, 0.6) is 0 Å². The van der Waals surface area contributed by atoms with Gasteiger partial charge >= 0.3 is 5.97 Å². The van der Waals surface area contributed by atoms with Gasteiger partial charge in [0, 0.05) is 13.1 Å². The molecule has 1 aliphatic carbocycles. The van der Waals surface area contributed by atoms with Gasteiger partial charge in [-0.25, -0.2) is 4.79 Å². The van der Waals surface area contributed by atoms with Crippen LogP contribution in [0.3, 0.4) is 0 Å². The summed E-state index contributed by atoms with van der Waals surface area (Å²) in [6.45, 7) is 5.09. The zero-order valence-corrected chi connectivity index (χ0v) is 24.9. The highest BCUT2D eigenvalue weighted by Crippen LogP contribution is 2.23. The molecule has 0 radical (unpaired) electrons. The van der Waals surface area contributed by atoms with Gasteiger partial charge in [0.1, 0.15) is 18.9 Å². The minimum Gasteiger partial charge on any atom is -0.492 e. The number of carboxylic acid groups (broad SMARTS) is 1. The number of carboxylic acids is 1. The maximum Gasteiger partial charge on any atom is 0.356 e. The van der Waals surface area contributed by atoms with Crippen molar-refractivity contribution in [3.8, 4) is 0 Å². The van der Waals surface area contributed by atoms with Crippen molar-refractivity contribution < 1.29 is 24.2 Å². The average molecular weight is 577 g/mol. The van der Waals surface area contributed by atoms with Crippen LogP contribution < -0.4 is 10.6 Å². The fourth-order valence-corrected chi connectivity index (χ4v) is 4.64. The highest BCUT2D eigenvalue weighted by Gasteiger charge is 2.28. The fraction of sp³-hybridized carbons (Fsp3) is 0.424. The predicted octanol–water partition coefficient (Wildman–Crippen LogP) is 4.72. The second-order valence-corrected chi connectivity index (χ2v) is 10.5. The summed E-state index contributed by atoms with van der Waals surface area (Å²) < 4.78 is 12.0. The number of benzene rings is 1. The molecule has 2 unspecified atom stereocenters. The number of carbonyl (C=O) groups is 2. The van der Waals surface area contributed by atoms with E-state index in [9.17, 15) is 14.7 Å². The Morgan fingerprint density at radius 3 is 2.71 bits per heavy atom. The van der Waals surface area contributed by atoms with Gasteiger partial charge in [-0.3, -0.25) is 9.80 Å². The van der Waals surface area contributed by atoms with Crippen LogP contribution >= 0.6 is 0 Å². The normalized spacial score (nSPS) is 20.5. The van der Waals surface area contributed by atoms with E-state index in [-0.39, 0.29) is 43.5 Å². The number of carbonyl (C=O) groups excluding carboxylic acids is 1. The molecule has 1 aromatic rings. The first-order valence-corrected chi connectivity index (χ1v) is 14.5. The van der Waals surface area contributed by atoms with Crippen molar-refractivity contribution in [3.05, 3.63) is 96.0 Å². The number of hydrogen-bond acceptors (Lipinski definition) is 7. The van der Waals surface area contributed by atoms with Gasteiger partial charge in [-0.05, 0) is 43.5 Å². The molecule has 1 heterocycles. The van der Waals surface area contributed by atoms with Gasteiger partial charge in [0.25, 0.3) is 0 Å². The molecular formula is C33H44N4O5. The van der Waals surface area contributed by atoms with Gasteiger partial charge in [0.15, 0.2) is 5.71 Å².